The van der Waals surface area contributed by atoms with Crippen molar-refractivity contribution in [2.24, 2.45) is 0 Å². The van der Waals surface area contributed by atoms with Crippen LogP contribution in [0.25, 0.3) is 6.08 Å². The number of carbonyl (C=O) groups is 1. The van der Waals surface area contributed by atoms with E-state index in [0.717, 1.165) is 5.56 Å². The molecule has 6 nitrogen and oxygen atoms in total. The number of phenols is 1. The average Bonchev–Trinajstić information content (AvgIpc) is 2.80. The summed E-state index contributed by atoms with van der Waals surface area (Å²) in [6.07, 6.45) is 10.1. The Morgan fingerprint density at radius 2 is 1.81 bits per heavy atom. The van der Waals surface area contributed by atoms with Crippen LogP contribution in [-0.4, -0.2) is 43.8 Å². The zero-order chi connectivity index (χ0) is 22.6. The number of hydrogen-bond acceptors (Lipinski definition) is 6. The Hall–Kier alpha value is -3.19. The molecule has 0 aromatic heterocycles. The van der Waals surface area contributed by atoms with Gasteiger partial charge < -0.3 is 24.1 Å². The molecule has 32 heavy (non-hydrogen) atoms. The van der Waals surface area contributed by atoms with Gasteiger partial charge in [-0.3, -0.25) is 0 Å². The zero-order valence-electron chi connectivity index (χ0n) is 18.1. The Balaban J connectivity index is 1.79. The van der Waals surface area contributed by atoms with E-state index in [1.54, 1.807) is 24.3 Å². The fourth-order valence-corrected chi connectivity index (χ4v) is 3.26. The minimum Gasteiger partial charge on any atom is -0.507 e. The standard InChI is InChI=1S/C26H28O6/c1-29-19-31-23-15-8-3-2-7-12-21-13-9-14-22(27)25(21)26(28)32-24(23)16-17-30-18-20-10-5-4-6-11-20/h2-15,23-24,27H,16-19H2,1H3/b3-2+,12-7+,15-8-/t23-,24-/m0/s1. The van der Waals surface area contributed by atoms with Crippen molar-refractivity contribution in [3.05, 3.63) is 95.6 Å². The van der Waals surface area contributed by atoms with Crippen molar-refractivity contribution in [1.29, 1.82) is 0 Å². The Kier molecular flexibility index (Phi) is 9.25. The number of rotatable bonds is 8. The van der Waals surface area contributed by atoms with E-state index in [0.29, 0.717) is 25.2 Å². The van der Waals surface area contributed by atoms with Crippen LogP contribution in [0.2, 0.25) is 0 Å². The van der Waals surface area contributed by atoms with Crippen LogP contribution in [0.3, 0.4) is 0 Å². The van der Waals surface area contributed by atoms with Gasteiger partial charge in [-0.2, -0.15) is 0 Å². The average molecular weight is 437 g/mol. The second-order valence-electron chi connectivity index (χ2n) is 7.18. The van der Waals surface area contributed by atoms with Gasteiger partial charge in [0.25, 0.3) is 0 Å². The lowest BCUT2D eigenvalue weighted by molar-refractivity contribution is -0.103. The summed E-state index contributed by atoms with van der Waals surface area (Å²) in [6.45, 7) is 0.856. The summed E-state index contributed by atoms with van der Waals surface area (Å²) in [7, 11) is 1.53. The number of benzene rings is 2. The highest BCUT2D eigenvalue weighted by molar-refractivity contribution is 5.96. The van der Waals surface area contributed by atoms with Crippen LogP contribution < -0.4 is 0 Å². The lowest BCUT2D eigenvalue weighted by Gasteiger charge is -2.25. The summed E-state index contributed by atoms with van der Waals surface area (Å²) in [5, 5.41) is 10.3. The Morgan fingerprint density at radius 1 is 1.00 bits per heavy atom. The van der Waals surface area contributed by atoms with E-state index in [4.69, 9.17) is 18.9 Å². The van der Waals surface area contributed by atoms with Crippen LogP contribution in [0.15, 0.2) is 78.9 Å². The van der Waals surface area contributed by atoms with E-state index in [1.807, 2.05) is 54.6 Å². The van der Waals surface area contributed by atoms with Gasteiger partial charge in [-0.25, -0.2) is 4.79 Å². The molecule has 168 valence electrons. The van der Waals surface area contributed by atoms with Crippen LogP contribution in [0.5, 0.6) is 5.75 Å². The van der Waals surface area contributed by atoms with Gasteiger partial charge in [0.05, 0.1) is 13.2 Å². The molecule has 1 aliphatic heterocycles. The smallest absolute Gasteiger partial charge is 0.342 e. The quantitative estimate of drug-likeness (QED) is 0.369. The van der Waals surface area contributed by atoms with Gasteiger partial charge in [-0.15, -0.1) is 0 Å². The zero-order valence-corrected chi connectivity index (χ0v) is 18.1. The molecule has 3 rings (SSSR count). The molecule has 2 aromatic carbocycles. The molecule has 2 aromatic rings. The molecule has 0 fully saturated rings. The highest BCUT2D eigenvalue weighted by Gasteiger charge is 2.27. The first-order valence-electron chi connectivity index (χ1n) is 10.5. The first kappa shape index (κ1) is 23.5. The van der Waals surface area contributed by atoms with Gasteiger partial charge in [0.2, 0.25) is 0 Å². The third-order valence-electron chi connectivity index (χ3n) is 4.85. The van der Waals surface area contributed by atoms with Gasteiger partial charge in [-0.05, 0) is 17.2 Å². The van der Waals surface area contributed by atoms with E-state index in [2.05, 4.69) is 0 Å². The maximum absolute atomic E-state index is 13.0. The second kappa shape index (κ2) is 12.6. The highest BCUT2D eigenvalue weighted by atomic mass is 16.7. The molecule has 0 saturated heterocycles. The van der Waals surface area contributed by atoms with Crippen LogP contribution >= 0.6 is 0 Å². The molecule has 1 N–H and O–H groups in total. The molecule has 0 saturated carbocycles. The number of aromatic hydroxyl groups is 1. The lowest BCUT2D eigenvalue weighted by atomic mass is 10.0. The van der Waals surface area contributed by atoms with Crippen molar-refractivity contribution < 1.29 is 28.8 Å². The topological polar surface area (TPSA) is 74.2 Å². The Morgan fingerprint density at radius 3 is 2.62 bits per heavy atom. The molecule has 0 unspecified atom stereocenters. The maximum atomic E-state index is 13.0. The number of methoxy groups -OCH3 is 1. The molecule has 0 amide bonds. The van der Waals surface area contributed by atoms with Crippen LogP contribution in [-0.2, 0) is 25.6 Å². The summed E-state index contributed by atoms with van der Waals surface area (Å²) in [5.74, 6) is -0.762. The number of esters is 1. The predicted octanol–water partition coefficient (Wildman–Crippen LogP) is 4.65. The SMILES string of the molecule is COCO[C@H]1\C=C/C=C/C=C/c2cccc(O)c2C(=O)O[C@H]1CCOCc1ccccc1. The van der Waals surface area contributed by atoms with Crippen LogP contribution in [0.1, 0.15) is 27.9 Å². The summed E-state index contributed by atoms with van der Waals surface area (Å²) >= 11 is 0. The van der Waals surface area contributed by atoms with Crippen molar-refractivity contribution in [3.63, 3.8) is 0 Å². The van der Waals surface area contributed by atoms with E-state index in [9.17, 15) is 9.90 Å². The number of cyclic esters (lactones) is 1. The number of fused-ring (bicyclic) bond motifs is 1. The molecule has 0 bridgehead atoms. The fourth-order valence-electron chi connectivity index (χ4n) is 3.26. The lowest BCUT2D eigenvalue weighted by Crippen LogP contribution is -2.34. The molecule has 2 atom stereocenters. The molecule has 1 aliphatic rings. The van der Waals surface area contributed by atoms with Crippen molar-refractivity contribution in [1.82, 2.24) is 0 Å². The highest BCUT2D eigenvalue weighted by Crippen LogP contribution is 2.25. The number of phenolic OH excluding ortho intramolecular Hbond substituents is 1. The largest absolute Gasteiger partial charge is 0.507 e. The second-order valence-corrected chi connectivity index (χ2v) is 7.18. The summed E-state index contributed by atoms with van der Waals surface area (Å²) < 4.78 is 22.5. The third kappa shape index (κ3) is 6.92. The molecule has 0 spiro atoms. The summed E-state index contributed by atoms with van der Waals surface area (Å²) in [6, 6.07) is 14.7. The molecule has 0 radical (unpaired) electrons. The number of carbonyl (C=O) groups excluding carboxylic acids is 1. The third-order valence-corrected chi connectivity index (χ3v) is 4.85. The van der Waals surface area contributed by atoms with Crippen molar-refractivity contribution in [2.45, 2.75) is 25.2 Å². The van der Waals surface area contributed by atoms with E-state index < -0.39 is 18.2 Å². The predicted molar refractivity (Wildman–Crippen MR) is 122 cm³/mol. The van der Waals surface area contributed by atoms with Crippen molar-refractivity contribution in [3.8, 4) is 5.75 Å². The normalized spacial score (nSPS) is 21.5. The van der Waals surface area contributed by atoms with Gasteiger partial charge in [0.15, 0.2) is 0 Å². The minimum absolute atomic E-state index is 0.0411. The van der Waals surface area contributed by atoms with Crippen molar-refractivity contribution in [2.75, 3.05) is 20.5 Å². The molecular formula is C26H28O6. The van der Waals surface area contributed by atoms with Gasteiger partial charge >= 0.3 is 5.97 Å². The van der Waals surface area contributed by atoms with E-state index >= 15 is 0 Å². The summed E-state index contributed by atoms with van der Waals surface area (Å²) in [4.78, 5) is 13.0. The number of ether oxygens (including phenoxy) is 4. The fraction of sp³-hybridized carbons (Fsp3) is 0.269. The molecule has 6 heteroatoms. The van der Waals surface area contributed by atoms with E-state index in [1.165, 1.54) is 13.2 Å². The Bertz CT molecular complexity index is 948. The van der Waals surface area contributed by atoms with Gasteiger partial charge in [0, 0.05) is 13.5 Å². The van der Waals surface area contributed by atoms with Crippen LogP contribution in [0, 0.1) is 0 Å². The van der Waals surface area contributed by atoms with Gasteiger partial charge in [0.1, 0.15) is 30.3 Å². The summed E-state index contributed by atoms with van der Waals surface area (Å²) in [5.41, 5.74) is 1.74. The van der Waals surface area contributed by atoms with E-state index in [-0.39, 0.29) is 18.1 Å². The number of allylic oxidation sites excluding steroid dienone is 4. The number of hydrogen-bond donors (Lipinski definition) is 1. The maximum Gasteiger partial charge on any atom is 0.342 e. The first-order valence-corrected chi connectivity index (χ1v) is 10.5. The minimum atomic E-state index is -0.645. The van der Waals surface area contributed by atoms with Gasteiger partial charge in [-0.1, -0.05) is 78.9 Å². The molecular weight excluding hydrogens is 408 g/mol. The molecule has 1 heterocycles. The molecule has 0 aliphatic carbocycles. The monoisotopic (exact) mass is 436 g/mol. The van der Waals surface area contributed by atoms with Crippen LogP contribution in [0.4, 0.5) is 0 Å². The first-order chi connectivity index (χ1) is 15.7. The Labute approximate surface area is 188 Å². The van der Waals surface area contributed by atoms with Crippen molar-refractivity contribution >= 4 is 12.0 Å².